The Bertz CT molecular complexity index is 339. The standard InChI is InChI=1S/C22H40O/c1-3-17-5-7-18(8-6-17)19-9-11-20(12-10-19)21-13-15-22(23,4-2)16-14-21/h17-21,23H,3-16H2,1-2H3. The molecule has 0 radical (unpaired) electrons. The van der Waals surface area contributed by atoms with Crippen molar-refractivity contribution in [3.8, 4) is 0 Å². The first-order valence-electron chi connectivity index (χ1n) is 10.9. The fraction of sp³-hybridized carbons (Fsp3) is 1.00. The Balaban J connectivity index is 1.41. The molecular formula is C22H40O. The summed E-state index contributed by atoms with van der Waals surface area (Å²) in [5.74, 6) is 5.08. The summed E-state index contributed by atoms with van der Waals surface area (Å²) in [6.45, 7) is 4.53. The van der Waals surface area contributed by atoms with Crippen LogP contribution < -0.4 is 0 Å². The van der Waals surface area contributed by atoms with Gasteiger partial charge in [0.2, 0.25) is 0 Å². The Hall–Kier alpha value is -0.0400. The number of aliphatic hydroxyl groups is 1. The fourth-order valence-corrected chi connectivity index (χ4v) is 6.16. The third kappa shape index (κ3) is 4.33. The molecule has 0 aromatic heterocycles. The van der Waals surface area contributed by atoms with Crippen LogP contribution in [0.5, 0.6) is 0 Å². The molecule has 0 atom stereocenters. The Morgan fingerprint density at radius 2 is 1.04 bits per heavy atom. The summed E-state index contributed by atoms with van der Waals surface area (Å²) in [4.78, 5) is 0. The molecule has 0 saturated heterocycles. The van der Waals surface area contributed by atoms with Crippen LogP contribution in [0.25, 0.3) is 0 Å². The van der Waals surface area contributed by atoms with Crippen LogP contribution >= 0.6 is 0 Å². The van der Waals surface area contributed by atoms with Crippen LogP contribution in [0.4, 0.5) is 0 Å². The van der Waals surface area contributed by atoms with Gasteiger partial charge in [-0.2, -0.15) is 0 Å². The van der Waals surface area contributed by atoms with Crippen molar-refractivity contribution in [2.24, 2.45) is 29.6 Å². The van der Waals surface area contributed by atoms with E-state index in [4.69, 9.17) is 0 Å². The summed E-state index contributed by atoms with van der Waals surface area (Å²) in [7, 11) is 0. The van der Waals surface area contributed by atoms with E-state index in [9.17, 15) is 5.11 Å². The Labute approximate surface area is 144 Å². The topological polar surface area (TPSA) is 20.2 Å². The molecule has 134 valence electrons. The predicted octanol–water partition coefficient (Wildman–Crippen LogP) is 6.34. The lowest BCUT2D eigenvalue weighted by Crippen LogP contribution is -2.36. The first-order valence-corrected chi connectivity index (χ1v) is 10.9. The quantitative estimate of drug-likeness (QED) is 0.640. The van der Waals surface area contributed by atoms with Gasteiger partial charge in [0, 0.05) is 0 Å². The van der Waals surface area contributed by atoms with Gasteiger partial charge in [0.25, 0.3) is 0 Å². The van der Waals surface area contributed by atoms with Crippen LogP contribution in [0.1, 0.15) is 104 Å². The van der Waals surface area contributed by atoms with E-state index in [1.165, 1.54) is 70.6 Å². The molecule has 0 aromatic rings. The summed E-state index contributed by atoms with van der Waals surface area (Å²) < 4.78 is 0. The zero-order valence-corrected chi connectivity index (χ0v) is 15.7. The predicted molar refractivity (Wildman–Crippen MR) is 98.4 cm³/mol. The minimum Gasteiger partial charge on any atom is -0.390 e. The maximum atomic E-state index is 10.5. The van der Waals surface area contributed by atoms with Gasteiger partial charge < -0.3 is 5.11 Å². The molecule has 0 amide bonds. The fourth-order valence-electron chi connectivity index (χ4n) is 6.16. The van der Waals surface area contributed by atoms with Crippen molar-refractivity contribution >= 4 is 0 Å². The van der Waals surface area contributed by atoms with Gasteiger partial charge >= 0.3 is 0 Å². The van der Waals surface area contributed by atoms with E-state index in [2.05, 4.69) is 13.8 Å². The normalized spacial score (nSPS) is 45.8. The van der Waals surface area contributed by atoms with E-state index >= 15 is 0 Å². The van der Waals surface area contributed by atoms with E-state index in [-0.39, 0.29) is 5.60 Å². The zero-order valence-electron chi connectivity index (χ0n) is 15.7. The third-order valence-corrected chi connectivity index (χ3v) is 8.24. The highest BCUT2D eigenvalue weighted by atomic mass is 16.3. The maximum absolute atomic E-state index is 10.5. The van der Waals surface area contributed by atoms with Crippen molar-refractivity contribution in [3.05, 3.63) is 0 Å². The molecule has 3 aliphatic rings. The van der Waals surface area contributed by atoms with Gasteiger partial charge in [-0.3, -0.25) is 0 Å². The van der Waals surface area contributed by atoms with E-state index < -0.39 is 0 Å². The summed E-state index contributed by atoms with van der Waals surface area (Å²) in [6, 6.07) is 0. The smallest absolute Gasteiger partial charge is 0.0645 e. The lowest BCUT2D eigenvalue weighted by molar-refractivity contribution is -0.0251. The van der Waals surface area contributed by atoms with Crippen molar-refractivity contribution < 1.29 is 5.11 Å². The van der Waals surface area contributed by atoms with E-state index in [1.54, 1.807) is 0 Å². The van der Waals surface area contributed by atoms with Gasteiger partial charge in [-0.1, -0.05) is 33.1 Å². The minimum atomic E-state index is -0.314. The average molecular weight is 321 g/mol. The molecule has 0 aromatic carbocycles. The number of hydrogen-bond acceptors (Lipinski definition) is 1. The second kappa shape index (κ2) is 7.89. The molecular weight excluding hydrogens is 280 g/mol. The Kier molecular flexibility index (Phi) is 6.10. The summed E-state index contributed by atoms with van der Waals surface area (Å²) in [5.41, 5.74) is -0.314. The molecule has 1 N–H and O–H groups in total. The molecule has 1 heteroatoms. The number of hydrogen-bond donors (Lipinski definition) is 1. The summed E-state index contributed by atoms with van der Waals surface area (Å²) >= 11 is 0. The van der Waals surface area contributed by atoms with Crippen molar-refractivity contribution in [2.45, 2.75) is 109 Å². The highest BCUT2D eigenvalue weighted by Crippen LogP contribution is 2.46. The molecule has 0 bridgehead atoms. The first kappa shape index (κ1) is 17.8. The Morgan fingerprint density at radius 3 is 1.43 bits per heavy atom. The van der Waals surface area contributed by atoms with Crippen LogP contribution in [-0.2, 0) is 0 Å². The van der Waals surface area contributed by atoms with E-state index in [0.717, 1.165) is 48.9 Å². The van der Waals surface area contributed by atoms with Crippen LogP contribution in [0.2, 0.25) is 0 Å². The summed E-state index contributed by atoms with van der Waals surface area (Å²) in [5, 5.41) is 10.5. The summed E-state index contributed by atoms with van der Waals surface area (Å²) in [6.07, 6.45) is 19.2. The largest absolute Gasteiger partial charge is 0.390 e. The van der Waals surface area contributed by atoms with Gasteiger partial charge in [0.15, 0.2) is 0 Å². The van der Waals surface area contributed by atoms with Gasteiger partial charge in [-0.25, -0.2) is 0 Å². The van der Waals surface area contributed by atoms with Crippen LogP contribution in [0.15, 0.2) is 0 Å². The van der Waals surface area contributed by atoms with Gasteiger partial charge in [0.1, 0.15) is 0 Å². The van der Waals surface area contributed by atoms with Gasteiger partial charge in [0.05, 0.1) is 5.60 Å². The molecule has 0 heterocycles. The lowest BCUT2D eigenvalue weighted by atomic mass is 9.64. The second-order valence-corrected chi connectivity index (χ2v) is 9.28. The lowest BCUT2D eigenvalue weighted by Gasteiger charge is -2.43. The van der Waals surface area contributed by atoms with Crippen LogP contribution in [0, 0.1) is 29.6 Å². The third-order valence-electron chi connectivity index (χ3n) is 8.24. The first-order chi connectivity index (χ1) is 11.1. The highest BCUT2D eigenvalue weighted by molar-refractivity contribution is 4.89. The maximum Gasteiger partial charge on any atom is 0.0645 e. The molecule has 23 heavy (non-hydrogen) atoms. The molecule has 3 saturated carbocycles. The molecule has 0 spiro atoms. The van der Waals surface area contributed by atoms with Gasteiger partial charge in [-0.05, 0) is 100 Å². The van der Waals surface area contributed by atoms with Crippen molar-refractivity contribution in [1.82, 2.24) is 0 Å². The van der Waals surface area contributed by atoms with Gasteiger partial charge in [-0.15, -0.1) is 0 Å². The molecule has 1 nitrogen and oxygen atoms in total. The molecule has 0 aliphatic heterocycles. The number of rotatable bonds is 4. The average Bonchev–Trinajstić information content (AvgIpc) is 2.63. The Morgan fingerprint density at radius 1 is 0.652 bits per heavy atom. The SMILES string of the molecule is CCC1CCC(C2CCC(C3CCC(O)(CC)CC3)CC2)CC1. The van der Waals surface area contributed by atoms with Crippen molar-refractivity contribution in [1.29, 1.82) is 0 Å². The minimum absolute atomic E-state index is 0.314. The van der Waals surface area contributed by atoms with Crippen LogP contribution in [-0.4, -0.2) is 10.7 Å². The van der Waals surface area contributed by atoms with E-state index in [0.29, 0.717) is 0 Å². The van der Waals surface area contributed by atoms with Crippen molar-refractivity contribution in [2.75, 3.05) is 0 Å². The molecule has 3 fully saturated rings. The monoisotopic (exact) mass is 320 g/mol. The molecule has 3 rings (SSSR count). The zero-order chi connectivity index (χ0) is 16.3. The van der Waals surface area contributed by atoms with E-state index in [1.807, 2.05) is 0 Å². The second-order valence-electron chi connectivity index (χ2n) is 9.28. The molecule has 3 aliphatic carbocycles. The van der Waals surface area contributed by atoms with Crippen LogP contribution in [0.3, 0.4) is 0 Å². The molecule has 0 unspecified atom stereocenters. The highest BCUT2D eigenvalue weighted by Gasteiger charge is 2.37. The van der Waals surface area contributed by atoms with Crippen molar-refractivity contribution in [3.63, 3.8) is 0 Å².